The first kappa shape index (κ1) is 17.1. The van der Waals surface area contributed by atoms with E-state index in [-0.39, 0.29) is 11.9 Å². The highest BCUT2D eigenvalue weighted by Crippen LogP contribution is 2.15. The summed E-state index contributed by atoms with van der Waals surface area (Å²) < 4.78 is 1.71. The number of aliphatic hydroxyl groups is 1. The summed E-state index contributed by atoms with van der Waals surface area (Å²) in [6.45, 7) is 4.87. The van der Waals surface area contributed by atoms with Gasteiger partial charge in [-0.05, 0) is 18.9 Å². The number of piperidine rings is 1. The molecule has 2 aromatic rings. The lowest BCUT2D eigenvalue weighted by atomic mass is 10.0. The van der Waals surface area contributed by atoms with E-state index < -0.39 is 6.10 Å². The SMILES string of the molecule is CCCn1nccc1C(=O)N[C@@H]1CCN(Cc2cscn2)C[C@H]1O. The molecule has 0 aliphatic carbocycles. The van der Waals surface area contributed by atoms with Gasteiger partial charge in [-0.2, -0.15) is 5.10 Å². The van der Waals surface area contributed by atoms with Crippen LogP contribution in [0.5, 0.6) is 0 Å². The maximum Gasteiger partial charge on any atom is 0.269 e. The normalized spacial score (nSPS) is 21.8. The molecule has 3 heterocycles. The minimum absolute atomic E-state index is 0.169. The molecule has 0 spiro atoms. The third-order valence-electron chi connectivity index (χ3n) is 4.24. The Labute approximate surface area is 145 Å². The van der Waals surface area contributed by atoms with Crippen LogP contribution in [0.3, 0.4) is 0 Å². The van der Waals surface area contributed by atoms with Gasteiger partial charge in [-0.3, -0.25) is 14.4 Å². The third kappa shape index (κ3) is 4.00. The Morgan fingerprint density at radius 3 is 3.12 bits per heavy atom. The molecule has 1 aliphatic heterocycles. The van der Waals surface area contributed by atoms with E-state index in [1.165, 1.54) is 0 Å². The van der Waals surface area contributed by atoms with Crippen LogP contribution in [-0.2, 0) is 13.1 Å². The number of amides is 1. The zero-order chi connectivity index (χ0) is 16.9. The van der Waals surface area contributed by atoms with Crippen LogP contribution in [0, 0.1) is 0 Å². The summed E-state index contributed by atoms with van der Waals surface area (Å²) in [5.74, 6) is -0.169. The van der Waals surface area contributed by atoms with Crippen molar-refractivity contribution in [2.75, 3.05) is 13.1 Å². The molecular formula is C16H23N5O2S. The fourth-order valence-electron chi connectivity index (χ4n) is 3.01. The van der Waals surface area contributed by atoms with Gasteiger partial charge in [0.1, 0.15) is 5.69 Å². The van der Waals surface area contributed by atoms with Crippen molar-refractivity contribution in [1.82, 2.24) is 25.0 Å². The molecule has 0 aromatic carbocycles. The van der Waals surface area contributed by atoms with Crippen molar-refractivity contribution in [2.24, 2.45) is 0 Å². The van der Waals surface area contributed by atoms with Gasteiger partial charge in [0.25, 0.3) is 5.91 Å². The number of β-amino-alcohol motifs (C(OH)–C–C–N with tert-alkyl or cyclic N) is 1. The van der Waals surface area contributed by atoms with Crippen molar-refractivity contribution in [3.8, 4) is 0 Å². The molecule has 1 fully saturated rings. The number of nitrogens with zero attached hydrogens (tertiary/aromatic N) is 4. The van der Waals surface area contributed by atoms with Crippen LogP contribution in [0.2, 0.25) is 0 Å². The first-order valence-corrected chi connectivity index (χ1v) is 9.21. The number of thiazole rings is 1. The fourth-order valence-corrected chi connectivity index (χ4v) is 3.56. The molecule has 0 radical (unpaired) electrons. The summed E-state index contributed by atoms with van der Waals surface area (Å²) in [6.07, 6.45) is 2.69. The van der Waals surface area contributed by atoms with Gasteiger partial charge in [0, 0.05) is 37.8 Å². The molecule has 1 aliphatic rings. The number of carbonyl (C=O) groups is 1. The largest absolute Gasteiger partial charge is 0.390 e. The van der Waals surface area contributed by atoms with Gasteiger partial charge in [-0.1, -0.05) is 6.92 Å². The maximum absolute atomic E-state index is 12.4. The molecule has 2 N–H and O–H groups in total. The first-order chi connectivity index (χ1) is 11.7. The quantitative estimate of drug-likeness (QED) is 0.816. The molecule has 0 bridgehead atoms. The minimum atomic E-state index is -0.580. The monoisotopic (exact) mass is 349 g/mol. The van der Waals surface area contributed by atoms with E-state index in [1.807, 2.05) is 17.8 Å². The summed E-state index contributed by atoms with van der Waals surface area (Å²) >= 11 is 1.58. The summed E-state index contributed by atoms with van der Waals surface area (Å²) in [4.78, 5) is 18.9. The Kier molecular flexibility index (Phi) is 5.60. The van der Waals surface area contributed by atoms with Crippen molar-refractivity contribution in [2.45, 2.75) is 45.0 Å². The first-order valence-electron chi connectivity index (χ1n) is 8.27. The smallest absolute Gasteiger partial charge is 0.269 e. The fraction of sp³-hybridized carbons (Fsp3) is 0.562. The molecule has 1 saturated heterocycles. The predicted octanol–water partition coefficient (Wildman–Crippen LogP) is 1.11. The zero-order valence-electron chi connectivity index (χ0n) is 13.8. The molecule has 8 heteroatoms. The van der Waals surface area contributed by atoms with E-state index in [0.29, 0.717) is 18.8 Å². The average molecular weight is 349 g/mol. The topological polar surface area (TPSA) is 83.3 Å². The lowest BCUT2D eigenvalue weighted by Gasteiger charge is -2.35. The van der Waals surface area contributed by atoms with Gasteiger partial charge in [0.15, 0.2) is 0 Å². The van der Waals surface area contributed by atoms with Crippen LogP contribution >= 0.6 is 11.3 Å². The standard InChI is InChI=1S/C16H23N5O2S/c1-2-6-21-14(3-5-18-21)16(23)19-13-4-7-20(9-15(13)22)8-12-10-24-11-17-12/h3,5,10-11,13,15,22H,2,4,6-9H2,1H3,(H,19,23)/t13-,15-/m1/s1. The summed E-state index contributed by atoms with van der Waals surface area (Å²) in [5, 5.41) is 19.5. The van der Waals surface area contributed by atoms with Crippen molar-refractivity contribution >= 4 is 17.2 Å². The molecule has 0 unspecified atom stereocenters. The summed E-state index contributed by atoms with van der Waals surface area (Å²) in [5.41, 5.74) is 3.39. The van der Waals surface area contributed by atoms with E-state index in [0.717, 1.165) is 31.6 Å². The lowest BCUT2D eigenvalue weighted by molar-refractivity contribution is 0.0343. The average Bonchev–Trinajstić information content (AvgIpc) is 3.22. The van der Waals surface area contributed by atoms with Gasteiger partial charge in [0.05, 0.1) is 23.4 Å². The number of nitrogens with one attached hydrogen (secondary N) is 1. The van der Waals surface area contributed by atoms with Crippen molar-refractivity contribution in [1.29, 1.82) is 0 Å². The molecule has 24 heavy (non-hydrogen) atoms. The van der Waals surface area contributed by atoms with Crippen molar-refractivity contribution < 1.29 is 9.90 Å². The maximum atomic E-state index is 12.4. The van der Waals surface area contributed by atoms with Crippen LogP contribution in [0.15, 0.2) is 23.2 Å². The molecule has 2 aromatic heterocycles. The number of carbonyl (C=O) groups excluding carboxylic acids is 1. The van der Waals surface area contributed by atoms with Crippen LogP contribution in [0.4, 0.5) is 0 Å². The molecule has 7 nitrogen and oxygen atoms in total. The van der Waals surface area contributed by atoms with Gasteiger partial charge in [-0.25, -0.2) is 4.98 Å². The highest BCUT2D eigenvalue weighted by molar-refractivity contribution is 7.07. The second-order valence-corrected chi connectivity index (χ2v) is 6.81. The molecule has 1 amide bonds. The Hall–Kier alpha value is -1.77. The molecule has 130 valence electrons. The highest BCUT2D eigenvalue weighted by Gasteiger charge is 2.29. The van der Waals surface area contributed by atoms with E-state index in [4.69, 9.17) is 0 Å². The van der Waals surface area contributed by atoms with Crippen LogP contribution in [-0.4, -0.2) is 55.9 Å². The number of hydrogen-bond donors (Lipinski definition) is 2. The Morgan fingerprint density at radius 2 is 2.42 bits per heavy atom. The second kappa shape index (κ2) is 7.87. The molecule has 3 rings (SSSR count). The van der Waals surface area contributed by atoms with Gasteiger partial charge in [0.2, 0.25) is 0 Å². The second-order valence-electron chi connectivity index (χ2n) is 6.09. The molecular weight excluding hydrogens is 326 g/mol. The van der Waals surface area contributed by atoms with E-state index >= 15 is 0 Å². The predicted molar refractivity (Wildman–Crippen MR) is 91.8 cm³/mol. The van der Waals surface area contributed by atoms with Gasteiger partial charge >= 0.3 is 0 Å². The number of rotatable bonds is 6. The Balaban J connectivity index is 1.54. The lowest BCUT2D eigenvalue weighted by Crippen LogP contribution is -2.54. The van der Waals surface area contributed by atoms with Gasteiger partial charge < -0.3 is 10.4 Å². The number of aliphatic hydroxyl groups excluding tert-OH is 1. The molecule has 0 saturated carbocycles. The Bertz CT molecular complexity index is 657. The van der Waals surface area contributed by atoms with Crippen molar-refractivity contribution in [3.63, 3.8) is 0 Å². The van der Waals surface area contributed by atoms with E-state index in [2.05, 4.69) is 20.3 Å². The van der Waals surface area contributed by atoms with E-state index in [9.17, 15) is 9.90 Å². The van der Waals surface area contributed by atoms with Crippen LogP contribution in [0.1, 0.15) is 35.9 Å². The summed E-state index contributed by atoms with van der Waals surface area (Å²) in [6, 6.07) is 1.49. The third-order valence-corrected chi connectivity index (χ3v) is 4.87. The van der Waals surface area contributed by atoms with Crippen LogP contribution < -0.4 is 5.32 Å². The van der Waals surface area contributed by atoms with E-state index in [1.54, 1.807) is 28.3 Å². The number of aryl methyl sites for hydroxylation is 1. The van der Waals surface area contributed by atoms with Crippen molar-refractivity contribution in [3.05, 3.63) is 34.5 Å². The van der Waals surface area contributed by atoms with Crippen LogP contribution in [0.25, 0.3) is 0 Å². The minimum Gasteiger partial charge on any atom is -0.390 e. The zero-order valence-corrected chi connectivity index (χ0v) is 14.6. The molecule has 2 atom stereocenters. The van der Waals surface area contributed by atoms with Gasteiger partial charge in [-0.15, -0.1) is 11.3 Å². The summed E-state index contributed by atoms with van der Waals surface area (Å²) in [7, 11) is 0. The highest BCUT2D eigenvalue weighted by atomic mass is 32.1. The number of aromatic nitrogens is 3. The number of hydrogen-bond acceptors (Lipinski definition) is 6. The Morgan fingerprint density at radius 1 is 1.54 bits per heavy atom. The number of likely N-dealkylation sites (tertiary alicyclic amines) is 1.